The molecule has 0 aliphatic carbocycles. The molecule has 0 bridgehead atoms. The number of aryl methyl sites for hydroxylation is 1. The number of esters is 1. The van der Waals surface area contributed by atoms with Gasteiger partial charge in [-0.2, -0.15) is 0 Å². The Bertz CT molecular complexity index is 1330. The van der Waals surface area contributed by atoms with Crippen LogP contribution in [0.3, 0.4) is 0 Å². The van der Waals surface area contributed by atoms with Crippen LogP contribution in [-0.2, 0) is 22.4 Å². The number of nitrogens with zero attached hydrogens (tertiary/aromatic N) is 1. The van der Waals surface area contributed by atoms with E-state index < -0.39 is 0 Å². The summed E-state index contributed by atoms with van der Waals surface area (Å²) in [5.74, 6) is 1.56. The molecule has 0 atom stereocenters. The number of hydrogen-bond donors (Lipinski definition) is 0. The summed E-state index contributed by atoms with van der Waals surface area (Å²) in [6.45, 7) is 2.82. The van der Waals surface area contributed by atoms with Crippen LogP contribution in [0.4, 0.5) is 0 Å². The van der Waals surface area contributed by atoms with Crippen molar-refractivity contribution in [1.29, 1.82) is 0 Å². The Morgan fingerprint density at radius 1 is 1.03 bits per heavy atom. The molecule has 7 heteroatoms. The quantitative estimate of drug-likeness (QED) is 0.109. The zero-order valence-corrected chi connectivity index (χ0v) is 22.8. The molecule has 0 N–H and O–H groups in total. The molecular formula is C29H29Cl2NO3S. The lowest BCUT2D eigenvalue weighted by atomic mass is 10.0. The van der Waals surface area contributed by atoms with Gasteiger partial charge in [0, 0.05) is 38.5 Å². The molecule has 0 saturated carbocycles. The first-order valence-corrected chi connectivity index (χ1v) is 13.7. The standard InChI is InChI=1S/C29H29Cl2NO3S/c1-3-5-24-23-14-15-32(22-9-7-21(30)8-10-22)26(23)11-12-27(24)35-16-4-17-36-28-13-6-20(18-25(28)31)19-29(33)34-2/h6-15,18H,3-5,16-17,19H2,1-2H3. The van der Waals surface area contributed by atoms with E-state index in [0.717, 1.165) is 57.5 Å². The molecule has 36 heavy (non-hydrogen) atoms. The van der Waals surface area contributed by atoms with Crippen LogP contribution >= 0.6 is 35.0 Å². The number of thioether (sulfide) groups is 1. The fourth-order valence-corrected chi connectivity index (χ4v) is 5.50. The van der Waals surface area contributed by atoms with Gasteiger partial charge >= 0.3 is 5.97 Å². The van der Waals surface area contributed by atoms with Gasteiger partial charge in [-0.1, -0.05) is 42.6 Å². The Morgan fingerprint density at radius 2 is 1.83 bits per heavy atom. The van der Waals surface area contributed by atoms with E-state index in [1.54, 1.807) is 11.8 Å². The molecule has 0 aliphatic heterocycles. The maximum Gasteiger partial charge on any atom is 0.309 e. The van der Waals surface area contributed by atoms with E-state index >= 15 is 0 Å². The first kappa shape index (κ1) is 26.5. The summed E-state index contributed by atoms with van der Waals surface area (Å²) in [6, 6.07) is 20.0. The number of benzene rings is 3. The summed E-state index contributed by atoms with van der Waals surface area (Å²) < 4.78 is 13.2. The Kier molecular flexibility index (Phi) is 9.24. The van der Waals surface area contributed by atoms with Crippen molar-refractivity contribution in [2.45, 2.75) is 37.5 Å². The molecule has 0 spiro atoms. The highest BCUT2D eigenvalue weighted by Gasteiger charge is 2.13. The third-order valence-corrected chi connectivity index (χ3v) is 7.76. The molecular weight excluding hydrogens is 513 g/mol. The number of aromatic nitrogens is 1. The van der Waals surface area contributed by atoms with Crippen LogP contribution in [0.2, 0.25) is 10.0 Å². The minimum absolute atomic E-state index is 0.225. The number of hydrogen-bond acceptors (Lipinski definition) is 4. The zero-order valence-electron chi connectivity index (χ0n) is 20.4. The van der Waals surface area contributed by atoms with Gasteiger partial charge in [-0.25, -0.2) is 0 Å². The molecule has 4 nitrogen and oxygen atoms in total. The van der Waals surface area contributed by atoms with Gasteiger partial charge in [0.2, 0.25) is 0 Å². The van der Waals surface area contributed by atoms with Gasteiger partial charge in [0.05, 0.1) is 30.7 Å². The minimum Gasteiger partial charge on any atom is -0.493 e. The third-order valence-electron chi connectivity index (χ3n) is 5.92. The lowest BCUT2D eigenvalue weighted by Gasteiger charge is -2.14. The van der Waals surface area contributed by atoms with Crippen molar-refractivity contribution < 1.29 is 14.3 Å². The molecule has 0 saturated heterocycles. The summed E-state index contributed by atoms with van der Waals surface area (Å²) >= 11 is 14.2. The molecule has 1 aromatic heterocycles. The van der Waals surface area contributed by atoms with Gasteiger partial charge in [-0.3, -0.25) is 4.79 Å². The Labute approximate surface area is 226 Å². The van der Waals surface area contributed by atoms with E-state index in [4.69, 9.17) is 32.7 Å². The minimum atomic E-state index is -0.272. The van der Waals surface area contributed by atoms with E-state index in [0.29, 0.717) is 11.6 Å². The number of halogens is 2. The molecule has 4 aromatic rings. The molecule has 0 radical (unpaired) electrons. The second kappa shape index (κ2) is 12.6. The fraction of sp³-hybridized carbons (Fsp3) is 0.276. The van der Waals surface area contributed by atoms with Crippen LogP contribution in [0.15, 0.2) is 71.8 Å². The van der Waals surface area contributed by atoms with E-state index in [1.165, 1.54) is 18.1 Å². The highest BCUT2D eigenvalue weighted by atomic mass is 35.5. The van der Waals surface area contributed by atoms with Crippen LogP contribution in [-0.4, -0.2) is 30.0 Å². The van der Waals surface area contributed by atoms with Crippen molar-refractivity contribution in [1.82, 2.24) is 4.57 Å². The van der Waals surface area contributed by atoms with E-state index in [9.17, 15) is 4.79 Å². The first-order chi connectivity index (χ1) is 17.5. The van der Waals surface area contributed by atoms with Crippen molar-refractivity contribution in [2.75, 3.05) is 19.5 Å². The van der Waals surface area contributed by atoms with Crippen molar-refractivity contribution in [3.05, 3.63) is 88.0 Å². The third kappa shape index (κ3) is 6.39. The molecule has 188 valence electrons. The van der Waals surface area contributed by atoms with Crippen molar-refractivity contribution in [3.8, 4) is 11.4 Å². The average molecular weight is 543 g/mol. The fourth-order valence-electron chi connectivity index (χ4n) is 4.16. The van der Waals surface area contributed by atoms with Gasteiger partial charge in [-0.15, -0.1) is 11.8 Å². The lowest BCUT2D eigenvalue weighted by Crippen LogP contribution is -2.04. The molecule has 0 amide bonds. The molecule has 1 heterocycles. The molecule has 0 unspecified atom stereocenters. The zero-order chi connectivity index (χ0) is 25.5. The van der Waals surface area contributed by atoms with Gasteiger partial charge in [-0.05, 0) is 73.0 Å². The highest BCUT2D eigenvalue weighted by Crippen LogP contribution is 2.33. The summed E-state index contributed by atoms with van der Waals surface area (Å²) in [6.07, 6.45) is 5.22. The molecule has 0 aliphatic rings. The number of carbonyl (C=O) groups is 1. The van der Waals surface area contributed by atoms with E-state index in [1.807, 2.05) is 42.5 Å². The maximum atomic E-state index is 11.5. The average Bonchev–Trinajstić information content (AvgIpc) is 3.31. The molecule has 0 fully saturated rings. The van der Waals surface area contributed by atoms with Crippen LogP contribution < -0.4 is 4.74 Å². The first-order valence-electron chi connectivity index (χ1n) is 12.0. The van der Waals surface area contributed by atoms with Crippen LogP contribution in [0.25, 0.3) is 16.6 Å². The predicted molar refractivity (Wildman–Crippen MR) is 150 cm³/mol. The number of carbonyl (C=O) groups excluding carboxylic acids is 1. The summed E-state index contributed by atoms with van der Waals surface area (Å²) in [5, 5.41) is 2.61. The lowest BCUT2D eigenvalue weighted by molar-refractivity contribution is -0.139. The van der Waals surface area contributed by atoms with Gasteiger partial charge in [0.1, 0.15) is 5.75 Å². The Balaban J connectivity index is 1.38. The summed E-state index contributed by atoms with van der Waals surface area (Å²) in [5.41, 5.74) is 4.34. The van der Waals surface area contributed by atoms with Crippen LogP contribution in [0, 0.1) is 0 Å². The van der Waals surface area contributed by atoms with Gasteiger partial charge in [0.15, 0.2) is 0 Å². The highest BCUT2D eigenvalue weighted by molar-refractivity contribution is 7.99. The SMILES string of the molecule is CCCc1c(OCCCSc2ccc(CC(=O)OC)cc2Cl)ccc2c1ccn2-c1ccc(Cl)cc1. The summed E-state index contributed by atoms with van der Waals surface area (Å²) in [4.78, 5) is 12.5. The summed E-state index contributed by atoms with van der Waals surface area (Å²) in [7, 11) is 1.39. The van der Waals surface area contributed by atoms with Crippen LogP contribution in [0.5, 0.6) is 5.75 Å². The van der Waals surface area contributed by atoms with E-state index in [2.05, 4.69) is 35.9 Å². The Morgan fingerprint density at radius 3 is 2.56 bits per heavy atom. The monoisotopic (exact) mass is 541 g/mol. The van der Waals surface area contributed by atoms with Crippen LogP contribution in [0.1, 0.15) is 30.9 Å². The van der Waals surface area contributed by atoms with Crippen molar-refractivity contribution in [2.24, 2.45) is 0 Å². The van der Waals surface area contributed by atoms with Gasteiger partial charge in [0.25, 0.3) is 0 Å². The Hall–Kier alpha value is -2.60. The largest absolute Gasteiger partial charge is 0.493 e. The molecule has 4 rings (SSSR count). The number of methoxy groups -OCH3 is 1. The topological polar surface area (TPSA) is 40.5 Å². The smallest absolute Gasteiger partial charge is 0.309 e. The number of fused-ring (bicyclic) bond motifs is 1. The second-order valence-electron chi connectivity index (χ2n) is 8.46. The maximum absolute atomic E-state index is 11.5. The van der Waals surface area contributed by atoms with Gasteiger partial charge < -0.3 is 14.0 Å². The number of rotatable bonds is 11. The normalized spacial score (nSPS) is 11.1. The van der Waals surface area contributed by atoms with Crippen molar-refractivity contribution in [3.63, 3.8) is 0 Å². The van der Waals surface area contributed by atoms with E-state index in [-0.39, 0.29) is 12.4 Å². The number of ether oxygens (including phenoxy) is 2. The second-order valence-corrected chi connectivity index (χ2v) is 10.4. The van der Waals surface area contributed by atoms with Crippen molar-refractivity contribution >= 4 is 51.8 Å². The predicted octanol–water partition coefficient (Wildman–Crippen LogP) is 8.17. The molecule has 3 aromatic carbocycles.